The maximum atomic E-state index is 11.9. The average Bonchev–Trinajstić information content (AvgIpc) is 2.42. The van der Waals surface area contributed by atoms with Gasteiger partial charge in [-0.05, 0) is 6.42 Å². The molecule has 0 aromatic carbocycles. The molecule has 2 amide bonds. The predicted octanol–water partition coefficient (Wildman–Crippen LogP) is 0.799. The number of rotatable bonds is 6. The molecule has 0 spiro atoms. The van der Waals surface area contributed by atoms with E-state index >= 15 is 0 Å². The van der Waals surface area contributed by atoms with Crippen molar-refractivity contribution in [2.45, 2.75) is 33.1 Å². The molecule has 1 fully saturated rings. The third kappa shape index (κ3) is 5.59. The molecule has 1 heterocycles. The molecule has 110 valence electrons. The fourth-order valence-electron chi connectivity index (χ4n) is 2.25. The third-order valence-electron chi connectivity index (χ3n) is 3.73. The van der Waals surface area contributed by atoms with E-state index in [2.05, 4.69) is 11.8 Å². The Hall–Kier alpha value is -1.10. The van der Waals surface area contributed by atoms with Gasteiger partial charge in [-0.15, -0.1) is 0 Å². The minimum atomic E-state index is 0.148. The number of piperazine rings is 1. The van der Waals surface area contributed by atoms with Gasteiger partial charge in [0, 0.05) is 59.7 Å². The molecule has 0 unspecified atom stereocenters. The van der Waals surface area contributed by atoms with Crippen LogP contribution in [0.15, 0.2) is 0 Å². The summed E-state index contributed by atoms with van der Waals surface area (Å²) in [6, 6.07) is 0. The number of carbonyl (C=O) groups is 2. The van der Waals surface area contributed by atoms with Crippen LogP contribution >= 0.6 is 0 Å². The molecule has 5 heteroatoms. The molecule has 0 atom stereocenters. The van der Waals surface area contributed by atoms with Gasteiger partial charge < -0.3 is 9.80 Å². The second kappa shape index (κ2) is 8.15. The van der Waals surface area contributed by atoms with Crippen LogP contribution in [0.1, 0.15) is 33.1 Å². The molecule has 19 heavy (non-hydrogen) atoms. The van der Waals surface area contributed by atoms with Crippen LogP contribution in [0.2, 0.25) is 0 Å². The van der Waals surface area contributed by atoms with Gasteiger partial charge in [0.15, 0.2) is 0 Å². The van der Waals surface area contributed by atoms with Crippen LogP contribution in [-0.4, -0.2) is 72.8 Å². The van der Waals surface area contributed by atoms with Crippen LogP contribution in [0.5, 0.6) is 0 Å². The quantitative estimate of drug-likeness (QED) is 0.716. The number of hydrogen-bond donors (Lipinski definition) is 0. The molecule has 1 aliphatic heterocycles. The Morgan fingerprint density at radius 2 is 1.79 bits per heavy atom. The molecule has 1 saturated heterocycles. The fourth-order valence-corrected chi connectivity index (χ4v) is 2.25. The first-order valence-corrected chi connectivity index (χ1v) is 7.26. The lowest BCUT2D eigenvalue weighted by molar-refractivity contribution is -0.132. The molecular formula is C14H27N3O2. The van der Waals surface area contributed by atoms with E-state index in [1.807, 2.05) is 16.8 Å². The summed E-state index contributed by atoms with van der Waals surface area (Å²) in [7, 11) is 1.88. The molecule has 0 N–H and O–H groups in total. The number of nitrogens with zero attached hydrogens (tertiary/aromatic N) is 3. The second-order valence-electron chi connectivity index (χ2n) is 5.27. The van der Waals surface area contributed by atoms with Crippen molar-refractivity contribution < 1.29 is 9.59 Å². The van der Waals surface area contributed by atoms with Gasteiger partial charge >= 0.3 is 0 Å². The lowest BCUT2D eigenvalue weighted by Gasteiger charge is -2.34. The average molecular weight is 269 g/mol. The summed E-state index contributed by atoms with van der Waals surface area (Å²) in [4.78, 5) is 29.1. The summed E-state index contributed by atoms with van der Waals surface area (Å²) in [6.07, 6.45) is 2.77. The first kappa shape index (κ1) is 16.0. The van der Waals surface area contributed by atoms with E-state index in [4.69, 9.17) is 0 Å². The molecule has 0 aromatic rings. The number of amides is 2. The van der Waals surface area contributed by atoms with Crippen molar-refractivity contribution in [3.05, 3.63) is 0 Å². The van der Waals surface area contributed by atoms with Gasteiger partial charge in [0.05, 0.1) is 0 Å². The van der Waals surface area contributed by atoms with Gasteiger partial charge in [0.1, 0.15) is 0 Å². The maximum absolute atomic E-state index is 11.9. The highest BCUT2D eigenvalue weighted by atomic mass is 16.2. The van der Waals surface area contributed by atoms with Crippen molar-refractivity contribution in [3.8, 4) is 0 Å². The summed E-state index contributed by atoms with van der Waals surface area (Å²) in [6.45, 7) is 8.74. The fraction of sp³-hybridized carbons (Fsp3) is 0.857. The lowest BCUT2D eigenvalue weighted by Crippen LogP contribution is -2.48. The molecule has 0 aliphatic carbocycles. The highest BCUT2D eigenvalue weighted by molar-refractivity contribution is 5.76. The van der Waals surface area contributed by atoms with Crippen molar-refractivity contribution >= 4 is 11.8 Å². The van der Waals surface area contributed by atoms with Crippen LogP contribution in [0.4, 0.5) is 0 Å². The van der Waals surface area contributed by atoms with E-state index in [1.165, 1.54) is 0 Å². The molecule has 1 rings (SSSR count). The Labute approximate surface area is 116 Å². The predicted molar refractivity (Wildman–Crippen MR) is 75.9 cm³/mol. The molecule has 1 aliphatic rings. The molecule has 5 nitrogen and oxygen atoms in total. The zero-order chi connectivity index (χ0) is 14.3. The van der Waals surface area contributed by atoms with Gasteiger partial charge in [-0.3, -0.25) is 14.5 Å². The van der Waals surface area contributed by atoms with Crippen LogP contribution < -0.4 is 0 Å². The van der Waals surface area contributed by atoms with E-state index in [0.717, 1.165) is 52.1 Å². The summed E-state index contributed by atoms with van der Waals surface area (Å²) in [5.41, 5.74) is 0. The second-order valence-corrected chi connectivity index (χ2v) is 5.27. The van der Waals surface area contributed by atoms with Crippen molar-refractivity contribution in [2.24, 2.45) is 0 Å². The largest absolute Gasteiger partial charge is 0.346 e. The Bertz CT molecular complexity index is 299. The van der Waals surface area contributed by atoms with Crippen LogP contribution in [0, 0.1) is 0 Å². The zero-order valence-corrected chi connectivity index (χ0v) is 12.5. The Balaban J connectivity index is 2.19. The van der Waals surface area contributed by atoms with Crippen molar-refractivity contribution in [3.63, 3.8) is 0 Å². The number of hydrogen-bond acceptors (Lipinski definition) is 3. The van der Waals surface area contributed by atoms with Crippen molar-refractivity contribution in [1.82, 2.24) is 14.7 Å². The Kier molecular flexibility index (Phi) is 6.84. The summed E-state index contributed by atoms with van der Waals surface area (Å²) in [5.74, 6) is 0.373. The topological polar surface area (TPSA) is 43.9 Å². The van der Waals surface area contributed by atoms with Crippen LogP contribution in [0.25, 0.3) is 0 Å². The first-order chi connectivity index (χ1) is 9.04. The summed E-state index contributed by atoms with van der Waals surface area (Å²) in [5, 5.41) is 0. The van der Waals surface area contributed by atoms with Crippen LogP contribution in [0.3, 0.4) is 0 Å². The molecule has 0 aromatic heterocycles. The lowest BCUT2D eigenvalue weighted by atomic mass is 10.2. The molecular weight excluding hydrogens is 242 g/mol. The van der Waals surface area contributed by atoms with Gasteiger partial charge in [0.25, 0.3) is 0 Å². The SMILES string of the molecule is CCCCN(C)C(=O)CCN1CCN(C(C)=O)CC1. The minimum Gasteiger partial charge on any atom is -0.346 e. The first-order valence-electron chi connectivity index (χ1n) is 7.26. The van der Waals surface area contributed by atoms with Crippen molar-refractivity contribution in [1.29, 1.82) is 0 Å². The highest BCUT2D eigenvalue weighted by Crippen LogP contribution is 2.04. The molecule has 0 radical (unpaired) electrons. The summed E-state index contributed by atoms with van der Waals surface area (Å²) >= 11 is 0. The van der Waals surface area contributed by atoms with Crippen molar-refractivity contribution in [2.75, 3.05) is 46.3 Å². The number of carbonyl (C=O) groups excluding carboxylic acids is 2. The van der Waals surface area contributed by atoms with E-state index in [9.17, 15) is 9.59 Å². The van der Waals surface area contributed by atoms with E-state index in [-0.39, 0.29) is 11.8 Å². The van der Waals surface area contributed by atoms with Gasteiger partial charge in [-0.2, -0.15) is 0 Å². The smallest absolute Gasteiger partial charge is 0.223 e. The minimum absolute atomic E-state index is 0.148. The number of unbranched alkanes of at least 4 members (excludes halogenated alkanes) is 1. The zero-order valence-electron chi connectivity index (χ0n) is 12.5. The van der Waals surface area contributed by atoms with Crippen LogP contribution in [-0.2, 0) is 9.59 Å². The van der Waals surface area contributed by atoms with Gasteiger partial charge in [-0.25, -0.2) is 0 Å². The van der Waals surface area contributed by atoms with Gasteiger partial charge in [0.2, 0.25) is 11.8 Å². The standard InChI is InChI=1S/C14H27N3O2/c1-4-5-7-15(3)14(19)6-8-16-9-11-17(12-10-16)13(2)18/h4-12H2,1-3H3. The maximum Gasteiger partial charge on any atom is 0.223 e. The molecule has 0 saturated carbocycles. The Morgan fingerprint density at radius 1 is 1.16 bits per heavy atom. The van der Waals surface area contributed by atoms with E-state index < -0.39 is 0 Å². The molecule has 0 bridgehead atoms. The third-order valence-corrected chi connectivity index (χ3v) is 3.73. The van der Waals surface area contributed by atoms with E-state index in [0.29, 0.717) is 6.42 Å². The van der Waals surface area contributed by atoms with E-state index in [1.54, 1.807) is 6.92 Å². The normalized spacial score (nSPS) is 16.5. The monoisotopic (exact) mass is 269 g/mol. The summed E-state index contributed by atoms with van der Waals surface area (Å²) < 4.78 is 0. The van der Waals surface area contributed by atoms with Gasteiger partial charge in [-0.1, -0.05) is 13.3 Å². The highest BCUT2D eigenvalue weighted by Gasteiger charge is 2.19. The Morgan fingerprint density at radius 3 is 2.32 bits per heavy atom.